The highest BCUT2D eigenvalue weighted by atomic mass is 16.5. The number of ether oxygens (including phenoxy) is 2. The number of aromatic nitrogens is 1. The summed E-state index contributed by atoms with van der Waals surface area (Å²) in [5.41, 5.74) is 0.658. The number of urea groups is 1. The fraction of sp³-hybridized carbons (Fsp3) is 0.700. The number of methoxy groups -OCH3 is 1. The molecule has 0 unspecified atom stereocenters. The van der Waals surface area contributed by atoms with Gasteiger partial charge in [-0.1, -0.05) is 12.8 Å². The van der Waals surface area contributed by atoms with E-state index in [2.05, 4.69) is 20.5 Å². The van der Waals surface area contributed by atoms with Gasteiger partial charge in [0, 0.05) is 38.9 Å². The average Bonchev–Trinajstić information content (AvgIpc) is 3.18. The Morgan fingerprint density at radius 2 is 1.96 bits per heavy atom. The largest absolute Gasteiger partial charge is 0.475 e. The highest BCUT2D eigenvalue weighted by Crippen LogP contribution is 2.26. The molecule has 27 heavy (non-hydrogen) atoms. The molecule has 2 amide bonds. The first-order valence-electron chi connectivity index (χ1n) is 10.1. The van der Waals surface area contributed by atoms with Gasteiger partial charge < -0.3 is 25.0 Å². The first-order valence-corrected chi connectivity index (χ1v) is 10.1. The highest BCUT2D eigenvalue weighted by Gasteiger charge is 2.24. The lowest BCUT2D eigenvalue weighted by Crippen LogP contribution is -2.46. The molecule has 2 heterocycles. The van der Waals surface area contributed by atoms with Crippen LogP contribution in [0.15, 0.2) is 18.3 Å². The van der Waals surface area contributed by atoms with Crippen LogP contribution in [0.3, 0.4) is 0 Å². The van der Waals surface area contributed by atoms with Crippen molar-refractivity contribution in [1.29, 1.82) is 0 Å². The number of nitrogens with one attached hydrogen (secondary N) is 2. The molecule has 0 radical (unpaired) electrons. The molecule has 1 aromatic rings. The second-order valence-corrected chi connectivity index (χ2v) is 7.55. The third-order valence-electron chi connectivity index (χ3n) is 5.45. The minimum absolute atomic E-state index is 0.168. The molecule has 0 aromatic carbocycles. The van der Waals surface area contributed by atoms with Gasteiger partial charge in [-0.2, -0.15) is 0 Å². The number of rotatable bonds is 8. The van der Waals surface area contributed by atoms with Gasteiger partial charge in [-0.3, -0.25) is 0 Å². The van der Waals surface area contributed by atoms with E-state index in [1.165, 1.54) is 32.2 Å². The van der Waals surface area contributed by atoms with Gasteiger partial charge >= 0.3 is 6.03 Å². The Morgan fingerprint density at radius 3 is 2.63 bits per heavy atom. The second-order valence-electron chi connectivity index (χ2n) is 7.55. The van der Waals surface area contributed by atoms with E-state index >= 15 is 0 Å². The number of amides is 2. The quantitative estimate of drug-likeness (QED) is 0.683. The van der Waals surface area contributed by atoms with E-state index in [1.54, 1.807) is 25.4 Å². The summed E-state index contributed by atoms with van der Waals surface area (Å²) in [5.74, 6) is 1.42. The van der Waals surface area contributed by atoms with Gasteiger partial charge in [-0.15, -0.1) is 0 Å². The van der Waals surface area contributed by atoms with E-state index in [4.69, 9.17) is 9.47 Å². The summed E-state index contributed by atoms with van der Waals surface area (Å²) in [6, 6.07) is 3.61. The van der Waals surface area contributed by atoms with Crippen LogP contribution in [-0.2, 0) is 4.74 Å². The summed E-state index contributed by atoms with van der Waals surface area (Å²) >= 11 is 0. The van der Waals surface area contributed by atoms with Crippen LogP contribution in [0.25, 0.3) is 0 Å². The van der Waals surface area contributed by atoms with Gasteiger partial charge in [0.2, 0.25) is 5.88 Å². The van der Waals surface area contributed by atoms with E-state index in [9.17, 15) is 4.79 Å². The summed E-state index contributed by atoms with van der Waals surface area (Å²) in [7, 11) is 1.63. The summed E-state index contributed by atoms with van der Waals surface area (Å²) < 4.78 is 10.3. The Kier molecular flexibility index (Phi) is 7.71. The van der Waals surface area contributed by atoms with Crippen LogP contribution in [0.5, 0.6) is 5.88 Å². The molecule has 0 spiro atoms. The molecular formula is C20H32N4O3. The highest BCUT2D eigenvalue weighted by molar-refractivity contribution is 5.89. The zero-order chi connectivity index (χ0) is 18.9. The molecule has 1 aliphatic heterocycles. The molecule has 0 atom stereocenters. The summed E-state index contributed by atoms with van der Waals surface area (Å²) in [5, 5.41) is 5.93. The zero-order valence-electron chi connectivity index (χ0n) is 16.3. The Bertz CT molecular complexity index is 567. The van der Waals surface area contributed by atoms with Gasteiger partial charge in [-0.05, 0) is 37.7 Å². The maximum Gasteiger partial charge on any atom is 0.319 e. The monoisotopic (exact) mass is 376 g/mol. The first kappa shape index (κ1) is 19.9. The van der Waals surface area contributed by atoms with Gasteiger partial charge in [0.15, 0.2) is 0 Å². The summed E-state index contributed by atoms with van der Waals surface area (Å²) in [6.45, 7) is 4.37. The maximum atomic E-state index is 12.2. The van der Waals surface area contributed by atoms with Gasteiger partial charge in [0.25, 0.3) is 0 Å². The molecule has 1 saturated carbocycles. The zero-order valence-corrected chi connectivity index (χ0v) is 16.3. The number of hydrogen-bond donors (Lipinski definition) is 2. The smallest absolute Gasteiger partial charge is 0.319 e. The SMILES string of the molecule is COCCOc1ccc(NC(=O)NC2CCN(CC3CCCC3)CC2)cn1. The van der Waals surface area contributed by atoms with Crippen LogP contribution in [0.4, 0.5) is 10.5 Å². The summed E-state index contributed by atoms with van der Waals surface area (Å²) in [6.07, 6.45) is 9.23. The fourth-order valence-corrected chi connectivity index (χ4v) is 3.94. The van der Waals surface area contributed by atoms with E-state index < -0.39 is 0 Å². The Balaban J connectivity index is 1.34. The molecule has 0 bridgehead atoms. The second kappa shape index (κ2) is 10.5. The molecule has 7 heteroatoms. The van der Waals surface area contributed by atoms with Gasteiger partial charge in [0.1, 0.15) is 6.61 Å². The van der Waals surface area contributed by atoms with Crippen molar-refractivity contribution in [3.63, 3.8) is 0 Å². The average molecular weight is 377 g/mol. The molecule has 2 N–H and O–H groups in total. The Labute approximate surface area is 161 Å². The molecular weight excluding hydrogens is 344 g/mol. The van der Waals surface area contributed by atoms with Crippen molar-refractivity contribution < 1.29 is 14.3 Å². The molecule has 2 fully saturated rings. The van der Waals surface area contributed by atoms with Crippen molar-refractivity contribution in [2.24, 2.45) is 5.92 Å². The Morgan fingerprint density at radius 1 is 1.19 bits per heavy atom. The van der Waals surface area contributed by atoms with Crippen LogP contribution >= 0.6 is 0 Å². The van der Waals surface area contributed by atoms with Crippen molar-refractivity contribution >= 4 is 11.7 Å². The van der Waals surface area contributed by atoms with Crippen molar-refractivity contribution in [3.8, 4) is 5.88 Å². The molecule has 1 aromatic heterocycles. The lowest BCUT2D eigenvalue weighted by molar-refractivity contribution is 0.144. The normalized spacial score (nSPS) is 19.1. The number of carbonyl (C=O) groups excluding carboxylic acids is 1. The number of likely N-dealkylation sites (tertiary alicyclic amines) is 1. The minimum atomic E-state index is -0.168. The van der Waals surface area contributed by atoms with E-state index in [0.29, 0.717) is 24.8 Å². The van der Waals surface area contributed by atoms with E-state index in [-0.39, 0.29) is 12.1 Å². The first-order chi connectivity index (χ1) is 13.2. The fourth-order valence-electron chi connectivity index (χ4n) is 3.94. The van der Waals surface area contributed by atoms with Gasteiger partial charge in [-0.25, -0.2) is 9.78 Å². The molecule has 2 aliphatic rings. The Hall–Kier alpha value is -1.86. The molecule has 1 saturated heterocycles. The molecule has 7 nitrogen and oxygen atoms in total. The van der Waals surface area contributed by atoms with Crippen LogP contribution in [-0.4, -0.2) is 61.9 Å². The van der Waals surface area contributed by atoms with Crippen molar-refractivity contribution in [2.75, 3.05) is 45.3 Å². The van der Waals surface area contributed by atoms with Crippen LogP contribution in [0.2, 0.25) is 0 Å². The van der Waals surface area contributed by atoms with Gasteiger partial charge in [0.05, 0.1) is 18.5 Å². The van der Waals surface area contributed by atoms with E-state index in [0.717, 1.165) is 31.8 Å². The molecule has 150 valence electrons. The number of piperidine rings is 1. The maximum absolute atomic E-state index is 12.2. The van der Waals surface area contributed by atoms with Crippen LogP contribution in [0, 0.1) is 5.92 Å². The molecule has 3 rings (SSSR count). The van der Waals surface area contributed by atoms with Crippen molar-refractivity contribution in [3.05, 3.63) is 18.3 Å². The lowest BCUT2D eigenvalue weighted by atomic mass is 10.0. The van der Waals surface area contributed by atoms with Crippen molar-refractivity contribution in [1.82, 2.24) is 15.2 Å². The standard InChI is InChI=1S/C20H32N4O3/c1-26-12-13-27-19-7-6-18(14-21-19)23-20(25)22-17-8-10-24(11-9-17)15-16-4-2-3-5-16/h6-7,14,16-17H,2-5,8-13,15H2,1H3,(H2,22,23,25). The lowest BCUT2D eigenvalue weighted by Gasteiger charge is -2.33. The van der Waals surface area contributed by atoms with Crippen molar-refractivity contribution in [2.45, 2.75) is 44.6 Å². The number of pyridine rings is 1. The molecule has 1 aliphatic carbocycles. The predicted octanol–water partition coefficient (Wildman–Crippen LogP) is 2.88. The summed E-state index contributed by atoms with van der Waals surface area (Å²) in [4.78, 5) is 19.0. The number of anilines is 1. The minimum Gasteiger partial charge on any atom is -0.475 e. The topological polar surface area (TPSA) is 75.7 Å². The number of nitrogens with zero attached hydrogens (tertiary/aromatic N) is 2. The third kappa shape index (κ3) is 6.66. The number of carbonyl (C=O) groups is 1. The number of hydrogen-bond acceptors (Lipinski definition) is 5. The van der Waals surface area contributed by atoms with Crippen LogP contribution in [0.1, 0.15) is 38.5 Å². The van der Waals surface area contributed by atoms with E-state index in [1.807, 2.05) is 0 Å². The predicted molar refractivity (Wildman–Crippen MR) is 105 cm³/mol. The van der Waals surface area contributed by atoms with Crippen LogP contribution < -0.4 is 15.4 Å². The third-order valence-corrected chi connectivity index (χ3v) is 5.45.